The zero-order valence-electron chi connectivity index (χ0n) is 13.7. The molecular formula is C17H16N2O3S3. The summed E-state index contributed by atoms with van der Waals surface area (Å²) in [6.07, 6.45) is 0. The number of hydrogen-bond acceptors (Lipinski definition) is 6. The first-order chi connectivity index (χ1) is 11.9. The SMILES string of the molecule is CN(C)S(=O)(=O)c1ccc(C(=O)CSc2nc3ccccc3s2)cc1. The second-order valence-electron chi connectivity index (χ2n) is 5.47. The number of nitrogens with zero attached hydrogens (tertiary/aromatic N) is 2. The van der Waals surface area contributed by atoms with E-state index in [-0.39, 0.29) is 16.4 Å². The normalized spacial score (nSPS) is 12.0. The Balaban J connectivity index is 1.69. The predicted octanol–water partition coefficient (Wildman–Crippen LogP) is 3.52. The molecule has 8 heteroatoms. The lowest BCUT2D eigenvalue weighted by atomic mass is 10.1. The van der Waals surface area contributed by atoms with Crippen molar-refractivity contribution in [3.63, 3.8) is 0 Å². The van der Waals surface area contributed by atoms with Crippen LogP contribution in [0.4, 0.5) is 0 Å². The number of carbonyl (C=O) groups is 1. The molecule has 0 atom stereocenters. The van der Waals surface area contributed by atoms with E-state index in [0.717, 1.165) is 18.9 Å². The summed E-state index contributed by atoms with van der Waals surface area (Å²) in [6, 6.07) is 13.9. The Morgan fingerprint density at radius 2 is 1.80 bits per heavy atom. The van der Waals surface area contributed by atoms with Crippen molar-refractivity contribution in [3.05, 3.63) is 54.1 Å². The van der Waals surface area contributed by atoms with Crippen LogP contribution in [0.25, 0.3) is 10.2 Å². The largest absolute Gasteiger partial charge is 0.293 e. The Kier molecular flexibility index (Phi) is 5.24. The molecule has 1 heterocycles. The van der Waals surface area contributed by atoms with Gasteiger partial charge in [-0.25, -0.2) is 17.7 Å². The van der Waals surface area contributed by atoms with Gasteiger partial charge < -0.3 is 0 Å². The maximum atomic E-state index is 12.3. The Morgan fingerprint density at radius 1 is 1.12 bits per heavy atom. The number of thioether (sulfide) groups is 1. The Morgan fingerprint density at radius 3 is 2.44 bits per heavy atom. The van der Waals surface area contributed by atoms with E-state index in [9.17, 15) is 13.2 Å². The number of fused-ring (bicyclic) bond motifs is 1. The molecule has 0 radical (unpaired) electrons. The molecule has 0 aliphatic carbocycles. The van der Waals surface area contributed by atoms with Crippen LogP contribution >= 0.6 is 23.1 Å². The van der Waals surface area contributed by atoms with Gasteiger partial charge >= 0.3 is 0 Å². The summed E-state index contributed by atoms with van der Waals surface area (Å²) >= 11 is 2.95. The van der Waals surface area contributed by atoms with Crippen LogP contribution in [-0.2, 0) is 10.0 Å². The Bertz CT molecular complexity index is 976. The molecule has 0 aliphatic rings. The highest BCUT2D eigenvalue weighted by Crippen LogP contribution is 2.29. The number of sulfonamides is 1. The van der Waals surface area contributed by atoms with Crippen molar-refractivity contribution in [1.82, 2.24) is 9.29 Å². The van der Waals surface area contributed by atoms with Gasteiger partial charge in [0, 0.05) is 19.7 Å². The van der Waals surface area contributed by atoms with Gasteiger partial charge in [0.25, 0.3) is 0 Å². The van der Waals surface area contributed by atoms with Crippen molar-refractivity contribution < 1.29 is 13.2 Å². The number of rotatable bonds is 6. The van der Waals surface area contributed by atoms with Gasteiger partial charge in [0.2, 0.25) is 10.0 Å². The predicted molar refractivity (Wildman–Crippen MR) is 102 cm³/mol. The molecule has 3 rings (SSSR count). The molecule has 130 valence electrons. The maximum absolute atomic E-state index is 12.3. The summed E-state index contributed by atoms with van der Waals surface area (Å²) in [5.41, 5.74) is 1.42. The molecule has 1 aromatic heterocycles. The molecule has 0 unspecified atom stereocenters. The average molecular weight is 393 g/mol. The van der Waals surface area contributed by atoms with E-state index in [4.69, 9.17) is 0 Å². The fraction of sp³-hybridized carbons (Fsp3) is 0.176. The zero-order chi connectivity index (χ0) is 18.0. The molecule has 25 heavy (non-hydrogen) atoms. The van der Waals surface area contributed by atoms with E-state index >= 15 is 0 Å². The maximum Gasteiger partial charge on any atom is 0.242 e. The summed E-state index contributed by atoms with van der Waals surface area (Å²) in [5.74, 6) is 0.206. The van der Waals surface area contributed by atoms with Gasteiger partial charge in [-0.1, -0.05) is 36.0 Å². The van der Waals surface area contributed by atoms with Crippen LogP contribution in [0.3, 0.4) is 0 Å². The number of carbonyl (C=O) groups excluding carboxylic acids is 1. The van der Waals surface area contributed by atoms with Gasteiger partial charge in [-0.05, 0) is 24.3 Å². The van der Waals surface area contributed by atoms with Crippen molar-refractivity contribution in [2.24, 2.45) is 0 Å². The van der Waals surface area contributed by atoms with Gasteiger partial charge in [-0.15, -0.1) is 11.3 Å². The van der Waals surface area contributed by atoms with Crippen LogP contribution in [0, 0.1) is 0 Å². The first-order valence-electron chi connectivity index (χ1n) is 7.42. The molecule has 0 spiro atoms. The van der Waals surface area contributed by atoms with E-state index in [2.05, 4.69) is 4.98 Å². The number of para-hydroxylation sites is 1. The van der Waals surface area contributed by atoms with Gasteiger partial charge in [0.15, 0.2) is 10.1 Å². The van der Waals surface area contributed by atoms with Crippen molar-refractivity contribution in [2.75, 3.05) is 19.8 Å². The molecule has 3 aromatic rings. The smallest absolute Gasteiger partial charge is 0.242 e. The number of thiazole rings is 1. The third-order valence-electron chi connectivity index (χ3n) is 3.56. The number of hydrogen-bond donors (Lipinski definition) is 0. The zero-order valence-corrected chi connectivity index (χ0v) is 16.1. The van der Waals surface area contributed by atoms with Crippen molar-refractivity contribution >= 4 is 49.1 Å². The average Bonchev–Trinajstić information content (AvgIpc) is 3.02. The van der Waals surface area contributed by atoms with Crippen LogP contribution in [-0.4, -0.2) is 43.3 Å². The van der Waals surface area contributed by atoms with E-state index < -0.39 is 10.0 Å². The van der Waals surface area contributed by atoms with Crippen LogP contribution in [0.2, 0.25) is 0 Å². The number of benzene rings is 2. The second-order valence-corrected chi connectivity index (χ2v) is 9.88. The number of aromatic nitrogens is 1. The summed E-state index contributed by atoms with van der Waals surface area (Å²) in [7, 11) is -0.530. The summed E-state index contributed by atoms with van der Waals surface area (Å²) in [6.45, 7) is 0. The highest BCUT2D eigenvalue weighted by atomic mass is 32.2. The lowest BCUT2D eigenvalue weighted by Gasteiger charge is -2.11. The first kappa shape index (κ1) is 18.1. The molecule has 2 aromatic carbocycles. The van der Waals surface area contributed by atoms with E-state index in [1.807, 2.05) is 24.3 Å². The monoisotopic (exact) mass is 392 g/mol. The topological polar surface area (TPSA) is 67.3 Å². The van der Waals surface area contributed by atoms with Gasteiger partial charge in [0.1, 0.15) is 0 Å². The second kappa shape index (κ2) is 7.25. The molecule has 5 nitrogen and oxygen atoms in total. The lowest BCUT2D eigenvalue weighted by Crippen LogP contribution is -2.22. The van der Waals surface area contributed by atoms with Gasteiger partial charge in [0.05, 0.1) is 20.9 Å². The molecule has 0 saturated heterocycles. The molecule has 0 fully saturated rings. The minimum Gasteiger partial charge on any atom is -0.293 e. The van der Waals surface area contributed by atoms with Crippen LogP contribution in [0.15, 0.2) is 57.8 Å². The van der Waals surface area contributed by atoms with E-state index in [0.29, 0.717) is 5.56 Å². The number of Topliss-reactive ketones (excluding diaryl/α,β-unsaturated/α-hetero) is 1. The fourth-order valence-electron chi connectivity index (χ4n) is 2.15. The Labute approximate surface area is 154 Å². The fourth-order valence-corrected chi connectivity index (χ4v) is 5.01. The quantitative estimate of drug-likeness (QED) is 0.474. The Hall–Kier alpha value is -1.74. The van der Waals surface area contributed by atoms with E-state index in [1.165, 1.54) is 38.0 Å². The van der Waals surface area contributed by atoms with Crippen LogP contribution < -0.4 is 0 Å². The van der Waals surface area contributed by atoms with Crippen LogP contribution in [0.1, 0.15) is 10.4 Å². The third kappa shape index (κ3) is 3.92. The van der Waals surface area contributed by atoms with Crippen molar-refractivity contribution in [3.8, 4) is 0 Å². The van der Waals surface area contributed by atoms with Crippen molar-refractivity contribution in [1.29, 1.82) is 0 Å². The molecule has 0 amide bonds. The minimum atomic E-state index is -3.48. The first-order valence-corrected chi connectivity index (χ1v) is 10.7. The summed E-state index contributed by atoms with van der Waals surface area (Å²) in [5, 5.41) is 0. The summed E-state index contributed by atoms with van der Waals surface area (Å²) < 4.78 is 27.2. The molecule has 0 aliphatic heterocycles. The highest BCUT2D eigenvalue weighted by Gasteiger charge is 2.17. The minimum absolute atomic E-state index is 0.0574. The molecule has 0 N–H and O–H groups in total. The van der Waals surface area contributed by atoms with E-state index in [1.54, 1.807) is 23.5 Å². The molecule has 0 saturated carbocycles. The lowest BCUT2D eigenvalue weighted by molar-refractivity contribution is 0.102. The van der Waals surface area contributed by atoms with Crippen LogP contribution in [0.5, 0.6) is 0 Å². The summed E-state index contributed by atoms with van der Waals surface area (Å²) in [4.78, 5) is 17.0. The number of ketones is 1. The standard InChI is InChI=1S/C17H16N2O3S3/c1-19(2)25(21,22)13-9-7-12(8-10-13)15(20)11-23-17-18-14-5-3-4-6-16(14)24-17/h3-10H,11H2,1-2H3. The highest BCUT2D eigenvalue weighted by molar-refractivity contribution is 8.01. The van der Waals surface area contributed by atoms with Crippen molar-refractivity contribution in [2.45, 2.75) is 9.24 Å². The molecule has 0 bridgehead atoms. The van der Waals surface area contributed by atoms with Gasteiger partial charge in [-0.2, -0.15) is 0 Å². The third-order valence-corrected chi connectivity index (χ3v) is 7.56. The molecular weight excluding hydrogens is 376 g/mol. The van der Waals surface area contributed by atoms with Gasteiger partial charge in [-0.3, -0.25) is 4.79 Å².